The van der Waals surface area contributed by atoms with Gasteiger partial charge in [0.25, 0.3) is 0 Å². The number of benzene rings is 2. The Kier molecular flexibility index (Phi) is 3.60. The standard InChI is InChI=1S/C16H12N2O4/c1-20-14-5-3-10(7-15(14)21-2)16-18-12-8-11(17-9-19)4-6-13(12)22-16/h3-8H,1-2H3. The van der Waals surface area contributed by atoms with E-state index in [2.05, 4.69) is 9.98 Å². The molecule has 0 aliphatic rings. The molecule has 0 aliphatic heterocycles. The second-order valence-corrected chi connectivity index (χ2v) is 4.44. The third kappa shape index (κ3) is 2.43. The number of nitrogens with zero attached hydrogens (tertiary/aromatic N) is 2. The summed E-state index contributed by atoms with van der Waals surface area (Å²) in [6.07, 6.45) is 1.50. The Bertz CT molecular complexity index is 879. The molecule has 1 aromatic heterocycles. The summed E-state index contributed by atoms with van der Waals surface area (Å²) < 4.78 is 16.2. The van der Waals surface area contributed by atoms with Gasteiger partial charge in [-0.1, -0.05) is 0 Å². The number of carbonyl (C=O) groups excluding carboxylic acids is 1. The van der Waals surface area contributed by atoms with Crippen molar-refractivity contribution in [3.05, 3.63) is 36.4 Å². The molecule has 0 unspecified atom stereocenters. The van der Waals surface area contributed by atoms with Crippen LogP contribution in [-0.2, 0) is 4.79 Å². The molecule has 1 heterocycles. The molecule has 0 saturated heterocycles. The van der Waals surface area contributed by atoms with Crippen molar-refractivity contribution in [2.24, 2.45) is 4.99 Å². The van der Waals surface area contributed by atoms with Crippen LogP contribution in [0.5, 0.6) is 11.5 Å². The number of oxazole rings is 1. The van der Waals surface area contributed by atoms with Crippen LogP contribution >= 0.6 is 0 Å². The zero-order valence-corrected chi connectivity index (χ0v) is 12.0. The smallest absolute Gasteiger partial charge is 0.240 e. The molecule has 0 aliphatic carbocycles. The van der Waals surface area contributed by atoms with Crippen molar-refractivity contribution in [1.82, 2.24) is 4.98 Å². The summed E-state index contributed by atoms with van der Waals surface area (Å²) in [5, 5.41) is 0. The van der Waals surface area contributed by atoms with E-state index in [0.29, 0.717) is 34.2 Å². The molecule has 0 saturated carbocycles. The minimum Gasteiger partial charge on any atom is -0.493 e. The fourth-order valence-electron chi connectivity index (χ4n) is 2.13. The van der Waals surface area contributed by atoms with Crippen molar-refractivity contribution in [3.8, 4) is 23.0 Å². The highest BCUT2D eigenvalue weighted by atomic mass is 16.5. The van der Waals surface area contributed by atoms with Crippen molar-refractivity contribution in [2.75, 3.05) is 14.2 Å². The first-order chi connectivity index (χ1) is 10.7. The summed E-state index contributed by atoms with van der Waals surface area (Å²) in [5.74, 6) is 1.67. The van der Waals surface area contributed by atoms with Gasteiger partial charge in [0.05, 0.1) is 19.9 Å². The van der Waals surface area contributed by atoms with Crippen LogP contribution in [0.25, 0.3) is 22.6 Å². The summed E-state index contributed by atoms with van der Waals surface area (Å²) in [6.45, 7) is 0. The molecule has 22 heavy (non-hydrogen) atoms. The van der Waals surface area contributed by atoms with Crippen molar-refractivity contribution < 1.29 is 18.7 Å². The number of rotatable bonds is 4. The van der Waals surface area contributed by atoms with Gasteiger partial charge in [0, 0.05) is 5.56 Å². The Hall–Kier alpha value is -3.11. The third-order valence-electron chi connectivity index (χ3n) is 3.18. The van der Waals surface area contributed by atoms with E-state index in [-0.39, 0.29) is 0 Å². The van der Waals surface area contributed by atoms with Gasteiger partial charge < -0.3 is 13.9 Å². The lowest BCUT2D eigenvalue weighted by Gasteiger charge is -2.07. The SMILES string of the molecule is COc1ccc(-c2nc3cc(N=C=O)ccc3o2)cc1OC. The fraction of sp³-hybridized carbons (Fsp3) is 0.125. The maximum Gasteiger partial charge on any atom is 0.240 e. The minimum atomic E-state index is 0.447. The van der Waals surface area contributed by atoms with Crippen LogP contribution in [0.3, 0.4) is 0 Å². The molecule has 0 spiro atoms. The molecule has 6 nitrogen and oxygen atoms in total. The molecule has 3 aromatic rings. The van der Waals surface area contributed by atoms with E-state index in [1.54, 1.807) is 44.6 Å². The number of hydrogen-bond acceptors (Lipinski definition) is 6. The topological polar surface area (TPSA) is 73.9 Å². The van der Waals surface area contributed by atoms with Gasteiger partial charge in [0.2, 0.25) is 12.0 Å². The predicted molar refractivity (Wildman–Crippen MR) is 80.3 cm³/mol. The summed E-state index contributed by atoms with van der Waals surface area (Å²) in [6, 6.07) is 10.4. The van der Waals surface area contributed by atoms with E-state index in [4.69, 9.17) is 13.9 Å². The van der Waals surface area contributed by atoms with E-state index in [0.717, 1.165) is 5.56 Å². The molecular weight excluding hydrogens is 284 g/mol. The van der Waals surface area contributed by atoms with Gasteiger partial charge in [-0.3, -0.25) is 0 Å². The molecule has 3 rings (SSSR count). The Morgan fingerprint density at radius 1 is 1.09 bits per heavy atom. The Morgan fingerprint density at radius 3 is 2.64 bits per heavy atom. The van der Waals surface area contributed by atoms with Crippen molar-refractivity contribution in [2.45, 2.75) is 0 Å². The van der Waals surface area contributed by atoms with Crippen LogP contribution in [0.1, 0.15) is 0 Å². The van der Waals surface area contributed by atoms with Gasteiger partial charge in [0.1, 0.15) is 5.52 Å². The lowest BCUT2D eigenvalue weighted by molar-refractivity contribution is 0.355. The highest BCUT2D eigenvalue weighted by Crippen LogP contribution is 2.33. The average molecular weight is 296 g/mol. The zero-order valence-electron chi connectivity index (χ0n) is 12.0. The summed E-state index contributed by atoms with van der Waals surface area (Å²) in [4.78, 5) is 18.3. The van der Waals surface area contributed by atoms with Gasteiger partial charge in [-0.2, -0.15) is 4.99 Å². The van der Waals surface area contributed by atoms with Gasteiger partial charge in [0.15, 0.2) is 17.1 Å². The van der Waals surface area contributed by atoms with E-state index < -0.39 is 0 Å². The van der Waals surface area contributed by atoms with E-state index >= 15 is 0 Å². The molecule has 0 bridgehead atoms. The van der Waals surface area contributed by atoms with E-state index in [9.17, 15) is 4.79 Å². The molecule has 0 radical (unpaired) electrons. The largest absolute Gasteiger partial charge is 0.493 e. The molecule has 0 amide bonds. The van der Waals surface area contributed by atoms with Crippen LogP contribution in [0.15, 0.2) is 45.8 Å². The highest BCUT2D eigenvalue weighted by Gasteiger charge is 2.12. The van der Waals surface area contributed by atoms with Crippen molar-refractivity contribution >= 4 is 22.9 Å². The van der Waals surface area contributed by atoms with Gasteiger partial charge in [-0.15, -0.1) is 0 Å². The summed E-state index contributed by atoms with van der Waals surface area (Å²) in [7, 11) is 3.14. The van der Waals surface area contributed by atoms with Crippen molar-refractivity contribution in [1.29, 1.82) is 0 Å². The quantitative estimate of drug-likeness (QED) is 0.544. The number of methoxy groups -OCH3 is 2. The van der Waals surface area contributed by atoms with Crippen molar-refractivity contribution in [3.63, 3.8) is 0 Å². The van der Waals surface area contributed by atoms with E-state index in [1.807, 2.05) is 6.07 Å². The van der Waals surface area contributed by atoms with Crippen LogP contribution in [0.2, 0.25) is 0 Å². The Balaban J connectivity index is 2.08. The molecular formula is C16H12N2O4. The first-order valence-electron chi connectivity index (χ1n) is 6.46. The van der Waals surface area contributed by atoms with Crippen LogP contribution in [0.4, 0.5) is 5.69 Å². The van der Waals surface area contributed by atoms with Crippen LogP contribution in [0, 0.1) is 0 Å². The number of hydrogen-bond donors (Lipinski definition) is 0. The van der Waals surface area contributed by atoms with Gasteiger partial charge in [-0.25, -0.2) is 9.78 Å². The first-order valence-corrected chi connectivity index (χ1v) is 6.46. The van der Waals surface area contributed by atoms with Crippen LogP contribution < -0.4 is 9.47 Å². The Morgan fingerprint density at radius 2 is 1.91 bits per heavy atom. The number of fused-ring (bicyclic) bond motifs is 1. The second-order valence-electron chi connectivity index (χ2n) is 4.44. The van der Waals surface area contributed by atoms with Gasteiger partial charge >= 0.3 is 0 Å². The maximum atomic E-state index is 10.3. The normalized spacial score (nSPS) is 10.3. The molecule has 6 heteroatoms. The van der Waals surface area contributed by atoms with Crippen LogP contribution in [-0.4, -0.2) is 25.3 Å². The zero-order chi connectivity index (χ0) is 15.5. The maximum absolute atomic E-state index is 10.3. The molecule has 0 atom stereocenters. The number of aliphatic imine (C=N–C) groups is 1. The summed E-state index contributed by atoms with van der Waals surface area (Å²) in [5.41, 5.74) is 2.46. The Labute approximate surface area is 126 Å². The molecule has 110 valence electrons. The lowest BCUT2D eigenvalue weighted by atomic mass is 10.2. The number of isocyanates is 1. The van der Waals surface area contributed by atoms with E-state index in [1.165, 1.54) is 6.08 Å². The minimum absolute atomic E-state index is 0.447. The molecule has 2 aromatic carbocycles. The number of aromatic nitrogens is 1. The van der Waals surface area contributed by atoms with Gasteiger partial charge in [-0.05, 0) is 36.4 Å². The second kappa shape index (κ2) is 5.71. The number of ether oxygens (including phenoxy) is 2. The monoisotopic (exact) mass is 296 g/mol. The predicted octanol–water partition coefficient (Wildman–Crippen LogP) is 3.48. The fourth-order valence-corrected chi connectivity index (χ4v) is 2.13. The molecule has 0 fully saturated rings. The summed E-state index contributed by atoms with van der Waals surface area (Å²) >= 11 is 0. The lowest BCUT2D eigenvalue weighted by Crippen LogP contribution is -1.90. The average Bonchev–Trinajstić information content (AvgIpc) is 2.97. The molecule has 0 N–H and O–H groups in total. The third-order valence-corrected chi connectivity index (χ3v) is 3.18. The first kappa shape index (κ1) is 13.9. The highest BCUT2D eigenvalue weighted by molar-refractivity contribution is 5.80.